The molecule has 1 atom stereocenters. The van der Waals surface area contributed by atoms with E-state index in [2.05, 4.69) is 58.2 Å². The predicted molar refractivity (Wildman–Crippen MR) is 73.4 cm³/mol. The van der Waals surface area contributed by atoms with Crippen LogP contribution in [0.1, 0.15) is 36.9 Å². The molecule has 0 heterocycles. The van der Waals surface area contributed by atoms with Crippen molar-refractivity contribution < 1.29 is 0 Å². The van der Waals surface area contributed by atoms with Crippen LogP contribution in [-0.2, 0) is 0 Å². The largest absolute Gasteiger partial charge is 0.313 e. The average Bonchev–Trinajstić information content (AvgIpc) is 2.29. The Bertz CT molecular complexity index is 401. The summed E-state index contributed by atoms with van der Waals surface area (Å²) in [5.41, 5.74) is 2.61. The van der Waals surface area contributed by atoms with Crippen LogP contribution in [-0.4, -0.2) is 7.05 Å². The van der Waals surface area contributed by atoms with E-state index in [4.69, 9.17) is 0 Å². The van der Waals surface area contributed by atoms with Gasteiger partial charge in [-0.15, -0.1) is 11.8 Å². The van der Waals surface area contributed by atoms with Gasteiger partial charge in [-0.05, 0) is 44.5 Å². The highest BCUT2D eigenvalue weighted by atomic mass is 79.9. The minimum Gasteiger partial charge on any atom is -0.313 e. The molecule has 0 saturated heterocycles. The Labute approximate surface area is 107 Å². The lowest BCUT2D eigenvalue weighted by atomic mass is 10.0. The maximum Gasteiger partial charge on any atom is 0.0326 e. The fourth-order valence-corrected chi connectivity index (χ4v) is 1.95. The van der Waals surface area contributed by atoms with Crippen LogP contribution in [0.15, 0.2) is 22.7 Å². The smallest absolute Gasteiger partial charge is 0.0326 e. The van der Waals surface area contributed by atoms with Gasteiger partial charge in [-0.3, -0.25) is 0 Å². The van der Waals surface area contributed by atoms with E-state index >= 15 is 0 Å². The summed E-state index contributed by atoms with van der Waals surface area (Å²) in [4.78, 5) is 0. The standard InChI is InChI=1S/C14H18BrN/c1-4-5-6-7-14(16-3)12-8-9-13(15)11(2)10-12/h8-10,14,16H,6-7H2,1-3H3. The van der Waals surface area contributed by atoms with Gasteiger partial charge in [-0.2, -0.15) is 0 Å². The van der Waals surface area contributed by atoms with Crippen molar-refractivity contribution in [1.29, 1.82) is 0 Å². The van der Waals surface area contributed by atoms with Crippen molar-refractivity contribution in [2.24, 2.45) is 0 Å². The van der Waals surface area contributed by atoms with Crippen LogP contribution >= 0.6 is 15.9 Å². The second-order valence-corrected chi connectivity index (χ2v) is 4.67. The third kappa shape index (κ3) is 3.66. The molecule has 0 radical (unpaired) electrons. The summed E-state index contributed by atoms with van der Waals surface area (Å²) in [5, 5.41) is 3.34. The molecule has 0 aliphatic rings. The van der Waals surface area contributed by atoms with E-state index < -0.39 is 0 Å². The minimum atomic E-state index is 0.396. The minimum absolute atomic E-state index is 0.396. The lowest BCUT2D eigenvalue weighted by molar-refractivity contribution is 0.558. The SMILES string of the molecule is CC#CCCC(NC)c1ccc(Br)c(C)c1. The molecule has 0 amide bonds. The van der Waals surface area contributed by atoms with Crippen molar-refractivity contribution in [2.45, 2.75) is 32.7 Å². The second kappa shape index (κ2) is 6.73. The van der Waals surface area contributed by atoms with Gasteiger partial charge in [-0.1, -0.05) is 28.1 Å². The Morgan fingerprint density at radius 1 is 1.44 bits per heavy atom. The Balaban J connectivity index is 2.77. The van der Waals surface area contributed by atoms with Crippen molar-refractivity contribution in [1.82, 2.24) is 5.32 Å². The van der Waals surface area contributed by atoms with E-state index in [1.165, 1.54) is 15.6 Å². The number of nitrogens with one attached hydrogen (secondary N) is 1. The highest BCUT2D eigenvalue weighted by Gasteiger charge is 2.08. The number of halogens is 1. The van der Waals surface area contributed by atoms with Gasteiger partial charge in [0.15, 0.2) is 0 Å². The molecule has 16 heavy (non-hydrogen) atoms. The molecule has 2 heteroatoms. The molecule has 0 fully saturated rings. The number of aryl methyl sites for hydroxylation is 1. The molecule has 1 rings (SSSR count). The number of hydrogen-bond acceptors (Lipinski definition) is 1. The number of hydrogen-bond donors (Lipinski definition) is 1. The van der Waals surface area contributed by atoms with Crippen LogP contribution in [0.25, 0.3) is 0 Å². The van der Waals surface area contributed by atoms with Crippen LogP contribution in [0.4, 0.5) is 0 Å². The summed E-state index contributed by atoms with van der Waals surface area (Å²) in [6.45, 7) is 4.00. The first-order valence-electron chi connectivity index (χ1n) is 5.52. The fraction of sp³-hybridized carbons (Fsp3) is 0.429. The molecule has 1 nitrogen and oxygen atoms in total. The Morgan fingerprint density at radius 2 is 2.19 bits per heavy atom. The van der Waals surface area contributed by atoms with Crippen molar-refractivity contribution >= 4 is 15.9 Å². The molecule has 1 aromatic carbocycles. The monoisotopic (exact) mass is 279 g/mol. The van der Waals surface area contributed by atoms with E-state index in [9.17, 15) is 0 Å². The topological polar surface area (TPSA) is 12.0 Å². The molecule has 1 N–H and O–H groups in total. The summed E-state index contributed by atoms with van der Waals surface area (Å²) in [7, 11) is 2.00. The molecule has 1 aromatic rings. The lowest BCUT2D eigenvalue weighted by Gasteiger charge is -2.16. The molecule has 0 bridgehead atoms. The third-order valence-electron chi connectivity index (χ3n) is 2.67. The van der Waals surface area contributed by atoms with Crippen LogP contribution in [0, 0.1) is 18.8 Å². The summed E-state index contributed by atoms with van der Waals surface area (Å²) in [6.07, 6.45) is 2.00. The Kier molecular flexibility index (Phi) is 5.59. The molecule has 86 valence electrons. The molecular weight excluding hydrogens is 262 g/mol. The predicted octanol–water partition coefficient (Wildman–Crippen LogP) is 3.82. The second-order valence-electron chi connectivity index (χ2n) is 3.82. The zero-order chi connectivity index (χ0) is 12.0. The van der Waals surface area contributed by atoms with Crippen LogP contribution in [0.3, 0.4) is 0 Å². The van der Waals surface area contributed by atoms with Gasteiger partial charge < -0.3 is 5.32 Å². The summed E-state index contributed by atoms with van der Waals surface area (Å²) >= 11 is 3.52. The van der Waals surface area contributed by atoms with Crippen molar-refractivity contribution in [3.05, 3.63) is 33.8 Å². The summed E-state index contributed by atoms with van der Waals surface area (Å²) in [6, 6.07) is 6.90. The van der Waals surface area contributed by atoms with E-state index in [1.54, 1.807) is 0 Å². The molecule has 0 aromatic heterocycles. The fourth-order valence-electron chi connectivity index (χ4n) is 1.70. The van der Waals surface area contributed by atoms with E-state index in [0.29, 0.717) is 6.04 Å². The molecule has 1 unspecified atom stereocenters. The zero-order valence-electron chi connectivity index (χ0n) is 10.1. The van der Waals surface area contributed by atoms with Gasteiger partial charge in [0.25, 0.3) is 0 Å². The molecular formula is C14H18BrN. The zero-order valence-corrected chi connectivity index (χ0v) is 11.7. The van der Waals surface area contributed by atoms with Gasteiger partial charge in [0, 0.05) is 16.9 Å². The van der Waals surface area contributed by atoms with Crippen LogP contribution in [0.2, 0.25) is 0 Å². The van der Waals surface area contributed by atoms with Gasteiger partial charge in [0.2, 0.25) is 0 Å². The van der Waals surface area contributed by atoms with Crippen LogP contribution < -0.4 is 5.32 Å². The van der Waals surface area contributed by atoms with E-state index in [-0.39, 0.29) is 0 Å². The maximum absolute atomic E-state index is 3.52. The van der Waals surface area contributed by atoms with Crippen molar-refractivity contribution in [2.75, 3.05) is 7.05 Å². The number of benzene rings is 1. The summed E-state index contributed by atoms with van der Waals surface area (Å²) < 4.78 is 1.17. The van der Waals surface area contributed by atoms with Crippen molar-refractivity contribution in [3.8, 4) is 11.8 Å². The normalized spacial score (nSPS) is 11.8. The highest BCUT2D eigenvalue weighted by Crippen LogP contribution is 2.23. The van der Waals surface area contributed by atoms with Gasteiger partial charge in [0.1, 0.15) is 0 Å². The van der Waals surface area contributed by atoms with Crippen molar-refractivity contribution in [3.63, 3.8) is 0 Å². The molecule has 0 saturated carbocycles. The highest BCUT2D eigenvalue weighted by molar-refractivity contribution is 9.10. The third-order valence-corrected chi connectivity index (χ3v) is 3.56. The van der Waals surface area contributed by atoms with Gasteiger partial charge in [0.05, 0.1) is 0 Å². The first-order valence-corrected chi connectivity index (χ1v) is 6.31. The van der Waals surface area contributed by atoms with Crippen LogP contribution in [0.5, 0.6) is 0 Å². The quantitative estimate of drug-likeness (QED) is 0.827. The summed E-state index contributed by atoms with van der Waals surface area (Å²) in [5.74, 6) is 6.04. The Morgan fingerprint density at radius 3 is 2.75 bits per heavy atom. The average molecular weight is 280 g/mol. The lowest BCUT2D eigenvalue weighted by Crippen LogP contribution is -2.16. The molecule has 0 aliphatic carbocycles. The Hall–Kier alpha value is -0.780. The first kappa shape index (κ1) is 13.3. The maximum atomic E-state index is 3.52. The van der Waals surface area contributed by atoms with E-state index in [1.807, 2.05) is 14.0 Å². The van der Waals surface area contributed by atoms with E-state index in [0.717, 1.165) is 12.8 Å². The molecule has 0 spiro atoms. The number of rotatable bonds is 4. The van der Waals surface area contributed by atoms with Gasteiger partial charge in [-0.25, -0.2) is 0 Å². The molecule has 0 aliphatic heterocycles. The van der Waals surface area contributed by atoms with Gasteiger partial charge >= 0.3 is 0 Å². The first-order chi connectivity index (χ1) is 7.69.